The second kappa shape index (κ2) is 11.9. The van der Waals surface area contributed by atoms with Crippen LogP contribution >= 0.6 is 0 Å². The highest BCUT2D eigenvalue weighted by atomic mass is 16.5. The Labute approximate surface area is 229 Å². The molecule has 5 rings (SSSR count). The summed E-state index contributed by atoms with van der Waals surface area (Å²) in [6.07, 6.45) is 2.46. The molecule has 2 heterocycles. The number of nitrogens with zero attached hydrogens (tertiary/aromatic N) is 4. The minimum atomic E-state index is -0.330. The van der Waals surface area contributed by atoms with Crippen LogP contribution < -0.4 is 24.6 Å². The molecule has 200 valence electrons. The van der Waals surface area contributed by atoms with E-state index in [2.05, 4.69) is 46.1 Å². The minimum absolute atomic E-state index is 0.234. The van der Waals surface area contributed by atoms with E-state index >= 15 is 0 Å². The molecule has 1 aromatic heterocycles. The number of rotatable bonds is 10. The SMILES string of the molecule is CCN(CC)c1ccc(NC(=O)c2cnc(N3CCc4ccccc43)nc2OCc2ccc(OC)cc2)cc1. The zero-order chi connectivity index (χ0) is 27.2. The highest BCUT2D eigenvalue weighted by Gasteiger charge is 2.25. The topological polar surface area (TPSA) is 79.8 Å². The zero-order valence-electron chi connectivity index (χ0n) is 22.6. The van der Waals surface area contributed by atoms with E-state index in [-0.39, 0.29) is 24.0 Å². The van der Waals surface area contributed by atoms with Gasteiger partial charge in [-0.25, -0.2) is 4.98 Å². The van der Waals surface area contributed by atoms with Crippen LogP contribution in [0.15, 0.2) is 79.0 Å². The number of hydrogen-bond donors (Lipinski definition) is 1. The number of fused-ring (bicyclic) bond motifs is 1. The Morgan fingerprint density at radius 1 is 1.00 bits per heavy atom. The van der Waals surface area contributed by atoms with Crippen LogP contribution in [0.2, 0.25) is 0 Å². The van der Waals surface area contributed by atoms with Crippen molar-refractivity contribution in [3.05, 3.63) is 95.7 Å². The molecule has 1 aliphatic heterocycles. The zero-order valence-corrected chi connectivity index (χ0v) is 22.6. The molecule has 0 unspecified atom stereocenters. The van der Waals surface area contributed by atoms with Crippen molar-refractivity contribution in [2.75, 3.05) is 41.9 Å². The minimum Gasteiger partial charge on any atom is -0.497 e. The fraction of sp³-hybridized carbons (Fsp3) is 0.258. The van der Waals surface area contributed by atoms with Gasteiger partial charge in [0.15, 0.2) is 0 Å². The van der Waals surface area contributed by atoms with Gasteiger partial charge in [0.05, 0.1) is 7.11 Å². The van der Waals surface area contributed by atoms with E-state index in [4.69, 9.17) is 14.5 Å². The van der Waals surface area contributed by atoms with Crippen LogP contribution in [-0.4, -0.2) is 42.6 Å². The summed E-state index contributed by atoms with van der Waals surface area (Å²) in [6, 6.07) is 23.6. The number of ether oxygens (including phenoxy) is 2. The molecule has 4 aromatic rings. The fourth-order valence-electron chi connectivity index (χ4n) is 4.72. The quantitative estimate of drug-likeness (QED) is 0.279. The summed E-state index contributed by atoms with van der Waals surface area (Å²) in [4.78, 5) is 27.0. The van der Waals surface area contributed by atoms with Gasteiger partial charge in [-0.15, -0.1) is 0 Å². The molecule has 1 aliphatic rings. The van der Waals surface area contributed by atoms with Crippen LogP contribution in [0.25, 0.3) is 0 Å². The van der Waals surface area contributed by atoms with Crippen molar-refractivity contribution in [1.29, 1.82) is 0 Å². The first kappa shape index (κ1) is 26.0. The largest absolute Gasteiger partial charge is 0.497 e. The predicted molar refractivity (Wildman–Crippen MR) is 154 cm³/mol. The second-order valence-electron chi connectivity index (χ2n) is 9.23. The van der Waals surface area contributed by atoms with Gasteiger partial charge in [-0.05, 0) is 73.9 Å². The fourth-order valence-corrected chi connectivity index (χ4v) is 4.72. The van der Waals surface area contributed by atoms with Gasteiger partial charge in [0.1, 0.15) is 17.9 Å². The number of amides is 1. The van der Waals surface area contributed by atoms with Gasteiger partial charge in [-0.1, -0.05) is 30.3 Å². The molecule has 8 heteroatoms. The summed E-state index contributed by atoms with van der Waals surface area (Å²) >= 11 is 0. The Bertz CT molecular complexity index is 1420. The maximum Gasteiger partial charge on any atom is 0.262 e. The first-order valence-electron chi connectivity index (χ1n) is 13.2. The van der Waals surface area contributed by atoms with E-state index in [0.717, 1.165) is 48.7 Å². The van der Waals surface area contributed by atoms with E-state index < -0.39 is 0 Å². The van der Waals surface area contributed by atoms with Gasteiger partial charge in [0.2, 0.25) is 11.8 Å². The molecule has 0 saturated carbocycles. The molecule has 0 aliphatic carbocycles. The van der Waals surface area contributed by atoms with Gasteiger partial charge in [0.25, 0.3) is 5.91 Å². The van der Waals surface area contributed by atoms with Gasteiger partial charge in [-0.3, -0.25) is 4.79 Å². The summed E-state index contributed by atoms with van der Waals surface area (Å²) < 4.78 is 11.4. The molecule has 0 atom stereocenters. The highest BCUT2D eigenvalue weighted by Crippen LogP contribution is 2.33. The van der Waals surface area contributed by atoms with Crippen LogP contribution in [0, 0.1) is 0 Å². The molecule has 0 spiro atoms. The van der Waals surface area contributed by atoms with Crippen molar-refractivity contribution in [2.24, 2.45) is 0 Å². The lowest BCUT2D eigenvalue weighted by atomic mass is 10.2. The maximum absolute atomic E-state index is 13.4. The molecule has 1 amide bonds. The van der Waals surface area contributed by atoms with Crippen molar-refractivity contribution in [1.82, 2.24) is 9.97 Å². The normalized spacial score (nSPS) is 12.1. The third kappa shape index (κ3) is 5.80. The van der Waals surface area contributed by atoms with Crippen molar-refractivity contribution in [2.45, 2.75) is 26.9 Å². The van der Waals surface area contributed by atoms with E-state index in [1.807, 2.05) is 60.7 Å². The number of nitrogens with one attached hydrogen (secondary N) is 1. The van der Waals surface area contributed by atoms with Crippen molar-refractivity contribution in [3.8, 4) is 11.6 Å². The van der Waals surface area contributed by atoms with Gasteiger partial charge in [0, 0.05) is 42.9 Å². The lowest BCUT2D eigenvalue weighted by molar-refractivity contribution is 0.102. The summed E-state index contributed by atoms with van der Waals surface area (Å²) in [6.45, 7) is 7.09. The molecular weight excluding hydrogens is 490 g/mol. The number of hydrogen-bond acceptors (Lipinski definition) is 7. The van der Waals surface area contributed by atoms with Crippen molar-refractivity contribution < 1.29 is 14.3 Å². The Morgan fingerprint density at radius 2 is 1.74 bits per heavy atom. The molecule has 8 nitrogen and oxygen atoms in total. The number of methoxy groups -OCH3 is 1. The van der Waals surface area contributed by atoms with E-state index in [1.54, 1.807) is 13.3 Å². The first-order valence-corrected chi connectivity index (χ1v) is 13.2. The van der Waals surface area contributed by atoms with Crippen LogP contribution in [0.3, 0.4) is 0 Å². The highest BCUT2D eigenvalue weighted by molar-refractivity contribution is 6.05. The Kier molecular flexibility index (Phi) is 7.91. The average molecular weight is 524 g/mol. The van der Waals surface area contributed by atoms with Crippen molar-refractivity contribution >= 4 is 28.9 Å². The third-order valence-electron chi connectivity index (χ3n) is 6.90. The Hall–Kier alpha value is -4.59. The Balaban J connectivity index is 1.40. The summed E-state index contributed by atoms with van der Waals surface area (Å²) in [5, 5.41) is 2.97. The van der Waals surface area contributed by atoms with Crippen LogP contribution in [-0.2, 0) is 13.0 Å². The monoisotopic (exact) mass is 523 g/mol. The van der Waals surface area contributed by atoms with Crippen LogP contribution in [0.5, 0.6) is 11.6 Å². The van der Waals surface area contributed by atoms with E-state index in [0.29, 0.717) is 11.6 Å². The number of aromatic nitrogens is 2. The maximum atomic E-state index is 13.4. The summed E-state index contributed by atoms with van der Waals surface area (Å²) in [7, 11) is 1.63. The van der Waals surface area contributed by atoms with Crippen LogP contribution in [0.4, 0.5) is 23.0 Å². The van der Waals surface area contributed by atoms with Crippen molar-refractivity contribution in [3.63, 3.8) is 0 Å². The predicted octanol–water partition coefficient (Wildman–Crippen LogP) is 5.86. The second-order valence-corrected chi connectivity index (χ2v) is 9.23. The van der Waals surface area contributed by atoms with Crippen LogP contribution in [0.1, 0.15) is 35.3 Å². The Morgan fingerprint density at radius 3 is 2.46 bits per heavy atom. The number of carbonyl (C=O) groups excluding carboxylic acids is 1. The molecule has 1 N–H and O–H groups in total. The standard InChI is InChI=1S/C31H33N5O3/c1-4-35(5-2)25-14-12-24(13-15-25)33-29(37)27-20-32-31(36-19-18-23-8-6-7-9-28(23)36)34-30(27)39-21-22-10-16-26(38-3)17-11-22/h6-17,20H,4-5,18-19,21H2,1-3H3,(H,33,37). The lowest BCUT2D eigenvalue weighted by Gasteiger charge is -2.21. The smallest absolute Gasteiger partial charge is 0.262 e. The number of para-hydroxylation sites is 1. The molecule has 0 radical (unpaired) electrons. The molecule has 0 fully saturated rings. The van der Waals surface area contributed by atoms with Gasteiger partial charge < -0.3 is 24.6 Å². The number of benzene rings is 3. The molecule has 0 bridgehead atoms. The van der Waals surface area contributed by atoms with Gasteiger partial charge >= 0.3 is 0 Å². The first-order chi connectivity index (χ1) is 19.1. The summed E-state index contributed by atoms with van der Waals surface area (Å²) in [5.41, 5.74) is 5.32. The van der Waals surface area contributed by atoms with E-state index in [1.165, 1.54) is 5.56 Å². The average Bonchev–Trinajstić information content (AvgIpc) is 3.42. The number of carbonyl (C=O) groups is 1. The lowest BCUT2D eigenvalue weighted by Crippen LogP contribution is -2.22. The molecule has 0 saturated heterocycles. The molecular formula is C31H33N5O3. The number of anilines is 4. The third-order valence-corrected chi connectivity index (χ3v) is 6.90. The molecule has 3 aromatic carbocycles. The molecule has 39 heavy (non-hydrogen) atoms. The van der Waals surface area contributed by atoms with Gasteiger partial charge in [-0.2, -0.15) is 4.98 Å². The summed E-state index contributed by atoms with van der Waals surface area (Å²) in [5.74, 6) is 1.17. The van der Waals surface area contributed by atoms with E-state index in [9.17, 15) is 4.79 Å².